The number of nitrogens with two attached hydrogens (primary N) is 1. The topological polar surface area (TPSA) is 92.4 Å². The minimum absolute atomic E-state index is 0.245. The Labute approximate surface area is 110 Å². The number of alkyl halides is 1. The average molecular weight is 342 g/mol. The number of carboxylic acids is 1. The van der Waals surface area contributed by atoms with Crippen LogP contribution in [0.5, 0.6) is 0 Å². The Kier molecular flexibility index (Phi) is 13.8. The lowest BCUT2D eigenvalue weighted by Gasteiger charge is -2.12. The van der Waals surface area contributed by atoms with E-state index >= 15 is 0 Å². The van der Waals surface area contributed by atoms with E-state index in [2.05, 4.69) is 18.5 Å². The lowest BCUT2D eigenvalue weighted by atomic mass is 10.1. The van der Waals surface area contributed by atoms with Gasteiger partial charge in [-0.25, -0.2) is 4.79 Å². The van der Waals surface area contributed by atoms with E-state index in [-0.39, 0.29) is 10.3 Å². The molecular formula is C10H19IN2O3. The minimum Gasteiger partial charge on any atom is -0.480 e. The molecule has 0 aromatic heterocycles. The van der Waals surface area contributed by atoms with Crippen LogP contribution in [-0.2, 0) is 9.59 Å². The fourth-order valence-corrected chi connectivity index (χ4v) is 1.20. The average Bonchev–Trinajstić information content (AvgIpc) is 2.30. The summed E-state index contributed by atoms with van der Waals surface area (Å²) >= 11 is 1.89. The van der Waals surface area contributed by atoms with Gasteiger partial charge < -0.3 is 16.2 Å². The summed E-state index contributed by atoms with van der Waals surface area (Å²) in [5.41, 5.74) is 5.28. The van der Waals surface area contributed by atoms with Gasteiger partial charge in [0.1, 0.15) is 6.04 Å². The Morgan fingerprint density at radius 3 is 2.31 bits per heavy atom. The molecule has 4 N–H and O–H groups in total. The second-order valence-electron chi connectivity index (χ2n) is 2.88. The van der Waals surface area contributed by atoms with Crippen molar-refractivity contribution in [3.8, 4) is 0 Å². The molecule has 0 aliphatic rings. The fraction of sp³-hybridized carbons (Fsp3) is 0.600. The van der Waals surface area contributed by atoms with Crippen molar-refractivity contribution in [2.75, 3.05) is 11.0 Å². The van der Waals surface area contributed by atoms with Crippen LogP contribution in [0, 0.1) is 0 Å². The molecule has 0 radical (unpaired) electrons. The third-order valence-corrected chi connectivity index (χ3v) is 2.39. The molecule has 0 heterocycles. The van der Waals surface area contributed by atoms with Crippen molar-refractivity contribution in [2.24, 2.45) is 5.73 Å². The van der Waals surface area contributed by atoms with Crippen LogP contribution in [0.2, 0.25) is 0 Å². The van der Waals surface area contributed by atoms with Crippen molar-refractivity contribution in [1.29, 1.82) is 0 Å². The van der Waals surface area contributed by atoms with Gasteiger partial charge in [0, 0.05) is 0 Å². The van der Waals surface area contributed by atoms with E-state index in [9.17, 15) is 9.59 Å². The first-order valence-corrected chi connectivity index (χ1v) is 6.42. The molecule has 0 aromatic rings. The Morgan fingerprint density at radius 1 is 1.38 bits per heavy atom. The molecule has 5 nitrogen and oxygen atoms in total. The van der Waals surface area contributed by atoms with E-state index in [1.165, 1.54) is 0 Å². The third-order valence-electron chi connectivity index (χ3n) is 1.70. The van der Waals surface area contributed by atoms with E-state index in [0.717, 1.165) is 12.8 Å². The standard InChI is InChI=1S/C8H15IN2O3.C2H4/c9-5-7(12)11-6(8(13)14)3-1-2-4-10;1-2/h6H,1-5,10H2,(H,11,12)(H,13,14);1-2H2/t6-;/m0./s1. The molecule has 0 fully saturated rings. The van der Waals surface area contributed by atoms with Crippen LogP contribution < -0.4 is 11.1 Å². The minimum atomic E-state index is -0.986. The number of halogens is 1. The first-order chi connectivity index (χ1) is 7.61. The Hall–Kier alpha value is -0.630. The van der Waals surface area contributed by atoms with Crippen molar-refractivity contribution in [3.63, 3.8) is 0 Å². The predicted octanol–water partition coefficient (Wildman–Crippen LogP) is 0.922. The number of hydrogen-bond donors (Lipinski definition) is 3. The SMILES string of the molecule is C=C.NCCCC[C@H](NC(=O)CI)C(=O)O. The van der Waals surface area contributed by atoms with Crippen molar-refractivity contribution in [3.05, 3.63) is 13.2 Å². The molecule has 0 aliphatic heterocycles. The molecule has 0 unspecified atom stereocenters. The first-order valence-electron chi connectivity index (χ1n) is 4.90. The molecular weight excluding hydrogens is 323 g/mol. The second-order valence-corrected chi connectivity index (χ2v) is 3.64. The van der Waals surface area contributed by atoms with Gasteiger partial charge in [0.25, 0.3) is 0 Å². The molecule has 16 heavy (non-hydrogen) atoms. The number of rotatable bonds is 7. The molecule has 0 aromatic carbocycles. The molecule has 0 saturated carbocycles. The van der Waals surface area contributed by atoms with Gasteiger partial charge in [-0.2, -0.15) is 0 Å². The monoisotopic (exact) mass is 342 g/mol. The largest absolute Gasteiger partial charge is 0.480 e. The first kappa shape index (κ1) is 17.8. The summed E-state index contributed by atoms with van der Waals surface area (Å²) in [4.78, 5) is 21.6. The van der Waals surface area contributed by atoms with Crippen LogP contribution in [-0.4, -0.2) is 34.0 Å². The second kappa shape index (κ2) is 12.4. The highest BCUT2D eigenvalue weighted by atomic mass is 127. The lowest BCUT2D eigenvalue weighted by Crippen LogP contribution is -2.41. The van der Waals surface area contributed by atoms with E-state index < -0.39 is 12.0 Å². The van der Waals surface area contributed by atoms with Gasteiger partial charge in [-0.1, -0.05) is 22.6 Å². The number of aliphatic carboxylic acids is 1. The molecule has 1 amide bonds. The van der Waals surface area contributed by atoms with Crippen LogP contribution in [0.15, 0.2) is 13.2 Å². The van der Waals surface area contributed by atoms with Crippen LogP contribution in [0.25, 0.3) is 0 Å². The summed E-state index contributed by atoms with van der Waals surface area (Å²) < 4.78 is 0.276. The maximum Gasteiger partial charge on any atom is 0.326 e. The summed E-state index contributed by atoms with van der Waals surface area (Å²) in [7, 11) is 0. The normalized spacial score (nSPS) is 10.9. The molecule has 1 atom stereocenters. The van der Waals surface area contributed by atoms with Crippen molar-refractivity contribution in [1.82, 2.24) is 5.32 Å². The molecule has 0 aliphatic carbocycles. The lowest BCUT2D eigenvalue weighted by molar-refractivity contribution is -0.141. The fourth-order valence-electron chi connectivity index (χ4n) is 0.983. The van der Waals surface area contributed by atoms with Crippen LogP contribution >= 0.6 is 22.6 Å². The van der Waals surface area contributed by atoms with Gasteiger partial charge in [-0.05, 0) is 25.8 Å². The third kappa shape index (κ3) is 9.91. The summed E-state index contributed by atoms with van der Waals surface area (Å²) in [5, 5.41) is 11.2. The van der Waals surface area contributed by atoms with Gasteiger partial charge in [0.2, 0.25) is 5.91 Å². The number of hydrogen-bond acceptors (Lipinski definition) is 3. The maximum absolute atomic E-state index is 11.0. The Bertz CT molecular complexity index is 212. The zero-order valence-electron chi connectivity index (χ0n) is 9.25. The van der Waals surface area contributed by atoms with Crippen LogP contribution in [0.4, 0.5) is 0 Å². The summed E-state index contributed by atoms with van der Waals surface area (Å²) in [6.07, 6.45) is 1.94. The molecule has 0 saturated heterocycles. The number of amides is 1. The predicted molar refractivity (Wildman–Crippen MR) is 72.6 cm³/mol. The van der Waals surface area contributed by atoms with Crippen LogP contribution in [0.3, 0.4) is 0 Å². The van der Waals surface area contributed by atoms with Gasteiger partial charge in [-0.15, -0.1) is 13.2 Å². The smallest absolute Gasteiger partial charge is 0.326 e. The number of nitrogens with one attached hydrogen (secondary N) is 1. The molecule has 0 bridgehead atoms. The zero-order chi connectivity index (χ0) is 13.0. The highest BCUT2D eigenvalue weighted by Gasteiger charge is 2.18. The van der Waals surface area contributed by atoms with E-state index in [1.54, 1.807) is 0 Å². The van der Waals surface area contributed by atoms with Gasteiger partial charge in [0.05, 0.1) is 4.43 Å². The summed E-state index contributed by atoms with van der Waals surface area (Å²) in [6.45, 7) is 6.55. The Balaban J connectivity index is 0. The highest BCUT2D eigenvalue weighted by molar-refractivity contribution is 14.1. The summed E-state index contributed by atoms with van der Waals surface area (Å²) in [5.74, 6) is -1.23. The van der Waals surface area contributed by atoms with Gasteiger partial charge in [0.15, 0.2) is 0 Å². The van der Waals surface area contributed by atoms with E-state index in [4.69, 9.17) is 10.8 Å². The van der Waals surface area contributed by atoms with Crippen molar-refractivity contribution >= 4 is 34.5 Å². The van der Waals surface area contributed by atoms with Crippen molar-refractivity contribution < 1.29 is 14.7 Å². The van der Waals surface area contributed by atoms with Gasteiger partial charge >= 0.3 is 5.97 Å². The maximum atomic E-state index is 11.0. The number of unbranched alkanes of at least 4 members (excludes halogenated alkanes) is 1. The highest BCUT2D eigenvalue weighted by Crippen LogP contribution is 2.01. The number of carbonyl (C=O) groups is 2. The number of carboxylic acid groups (broad SMARTS) is 1. The molecule has 94 valence electrons. The summed E-state index contributed by atoms with van der Waals surface area (Å²) in [6, 6.07) is -0.774. The molecule has 0 rings (SSSR count). The Morgan fingerprint density at radius 2 is 1.94 bits per heavy atom. The van der Waals surface area contributed by atoms with Gasteiger partial charge in [-0.3, -0.25) is 4.79 Å². The quantitative estimate of drug-likeness (QED) is 0.278. The van der Waals surface area contributed by atoms with E-state index in [1.807, 2.05) is 22.6 Å². The molecule has 0 spiro atoms. The van der Waals surface area contributed by atoms with E-state index in [0.29, 0.717) is 13.0 Å². The molecule has 6 heteroatoms. The number of carbonyl (C=O) groups excluding carboxylic acids is 1. The van der Waals surface area contributed by atoms with Crippen molar-refractivity contribution in [2.45, 2.75) is 25.3 Å². The van der Waals surface area contributed by atoms with Crippen LogP contribution in [0.1, 0.15) is 19.3 Å². The zero-order valence-corrected chi connectivity index (χ0v) is 11.4.